The van der Waals surface area contributed by atoms with Crippen LogP contribution in [0.25, 0.3) is 0 Å². The van der Waals surface area contributed by atoms with Crippen molar-refractivity contribution in [2.75, 3.05) is 25.1 Å². The average Bonchev–Trinajstić information content (AvgIpc) is 2.63. The number of rotatable bonds is 3. The van der Waals surface area contributed by atoms with Crippen LogP contribution in [-0.4, -0.2) is 43.0 Å². The molecule has 1 unspecified atom stereocenters. The molecule has 0 N–H and O–H groups in total. The molecule has 0 saturated carbocycles. The maximum absolute atomic E-state index is 14.2. The van der Waals surface area contributed by atoms with E-state index in [2.05, 4.69) is 0 Å². The van der Waals surface area contributed by atoms with Crippen molar-refractivity contribution in [1.82, 2.24) is 4.90 Å². The van der Waals surface area contributed by atoms with Crippen molar-refractivity contribution in [2.24, 2.45) is 0 Å². The summed E-state index contributed by atoms with van der Waals surface area (Å²) in [7, 11) is 1.38. The van der Waals surface area contributed by atoms with Crippen molar-refractivity contribution in [2.45, 2.75) is 19.9 Å². The number of methoxy groups -OCH3 is 1. The van der Waals surface area contributed by atoms with Crippen LogP contribution in [0, 0.1) is 12.7 Å². The van der Waals surface area contributed by atoms with E-state index in [9.17, 15) is 14.0 Å². The molecule has 0 radical (unpaired) electrons. The molecule has 5 nitrogen and oxygen atoms in total. The third-order valence-electron chi connectivity index (χ3n) is 4.60. The molecule has 1 saturated heterocycles. The Hall–Kier alpha value is -2.89. The summed E-state index contributed by atoms with van der Waals surface area (Å²) in [4.78, 5) is 28.6. The molecule has 0 bridgehead atoms. The van der Waals surface area contributed by atoms with Gasteiger partial charge in [-0.1, -0.05) is 23.8 Å². The fourth-order valence-corrected chi connectivity index (χ4v) is 3.12. The van der Waals surface area contributed by atoms with E-state index in [1.807, 2.05) is 38.1 Å². The molecule has 1 aliphatic heterocycles. The van der Waals surface area contributed by atoms with Gasteiger partial charge < -0.3 is 14.5 Å². The van der Waals surface area contributed by atoms with Crippen LogP contribution in [0.3, 0.4) is 0 Å². The number of piperazine rings is 1. The molecule has 1 atom stereocenters. The molecule has 2 amide bonds. The zero-order valence-corrected chi connectivity index (χ0v) is 15.0. The Kier molecular flexibility index (Phi) is 4.93. The van der Waals surface area contributed by atoms with Crippen LogP contribution in [0.2, 0.25) is 0 Å². The number of carbonyl (C=O) groups excluding carboxylic acids is 2. The van der Waals surface area contributed by atoms with Gasteiger partial charge >= 0.3 is 0 Å². The molecular formula is C20H21FN2O3. The van der Waals surface area contributed by atoms with Gasteiger partial charge in [0, 0.05) is 18.3 Å². The molecule has 0 spiro atoms. The minimum absolute atomic E-state index is 0.106. The largest absolute Gasteiger partial charge is 0.496 e. The summed E-state index contributed by atoms with van der Waals surface area (Å²) in [6.07, 6.45) is 0. The first-order valence-electron chi connectivity index (χ1n) is 8.43. The van der Waals surface area contributed by atoms with E-state index in [4.69, 9.17) is 4.74 Å². The van der Waals surface area contributed by atoms with Crippen molar-refractivity contribution in [3.05, 3.63) is 59.4 Å². The molecule has 26 heavy (non-hydrogen) atoms. The number of anilines is 1. The molecule has 0 aliphatic carbocycles. The van der Waals surface area contributed by atoms with Crippen LogP contribution in [0.1, 0.15) is 22.8 Å². The Labute approximate surface area is 152 Å². The van der Waals surface area contributed by atoms with Gasteiger partial charge in [0.25, 0.3) is 5.91 Å². The zero-order chi connectivity index (χ0) is 18.8. The van der Waals surface area contributed by atoms with Crippen molar-refractivity contribution >= 4 is 17.5 Å². The van der Waals surface area contributed by atoms with Gasteiger partial charge in [0.2, 0.25) is 5.91 Å². The summed E-state index contributed by atoms with van der Waals surface area (Å²) < 4.78 is 19.3. The lowest BCUT2D eigenvalue weighted by Gasteiger charge is -2.39. The molecule has 1 heterocycles. The second-order valence-corrected chi connectivity index (χ2v) is 6.44. The number of ether oxygens (including phenoxy) is 1. The highest BCUT2D eigenvalue weighted by atomic mass is 19.1. The summed E-state index contributed by atoms with van der Waals surface area (Å²) in [6, 6.07) is 11.6. The Balaban J connectivity index is 1.85. The predicted octanol–water partition coefficient (Wildman–Crippen LogP) is 3.02. The van der Waals surface area contributed by atoms with Crippen LogP contribution in [0.5, 0.6) is 5.75 Å². The van der Waals surface area contributed by atoms with Crippen molar-refractivity contribution in [3.63, 3.8) is 0 Å². The van der Waals surface area contributed by atoms with E-state index < -0.39 is 11.7 Å². The normalized spacial score (nSPS) is 17.4. The fourth-order valence-electron chi connectivity index (χ4n) is 3.12. The van der Waals surface area contributed by atoms with Crippen molar-refractivity contribution in [1.29, 1.82) is 0 Å². The third-order valence-corrected chi connectivity index (χ3v) is 4.60. The maximum atomic E-state index is 14.2. The highest BCUT2D eigenvalue weighted by Gasteiger charge is 2.35. The van der Waals surface area contributed by atoms with Crippen LogP contribution >= 0.6 is 0 Å². The van der Waals surface area contributed by atoms with Gasteiger partial charge in [-0.25, -0.2) is 4.39 Å². The van der Waals surface area contributed by atoms with Gasteiger partial charge in [0.1, 0.15) is 23.7 Å². The summed E-state index contributed by atoms with van der Waals surface area (Å²) >= 11 is 0. The number of halogens is 1. The lowest BCUT2D eigenvalue weighted by Crippen LogP contribution is -2.57. The van der Waals surface area contributed by atoms with Crippen LogP contribution in [0.4, 0.5) is 10.1 Å². The number of aryl methyl sites for hydroxylation is 1. The summed E-state index contributed by atoms with van der Waals surface area (Å²) in [6.45, 7) is 4.07. The standard InChI is InChI=1S/C20H21FN2O3/c1-13-7-9-15(10-8-13)23-11-14(2)22(12-18(23)24)20(25)19-16(21)5-4-6-17(19)26-3/h4-10,14H,11-12H2,1-3H3. The number of hydrogen-bond donors (Lipinski definition) is 0. The first kappa shape index (κ1) is 17.9. The molecule has 0 aromatic heterocycles. The molecule has 1 aliphatic rings. The minimum atomic E-state index is -0.657. The van der Waals surface area contributed by atoms with Crippen LogP contribution in [0.15, 0.2) is 42.5 Å². The highest BCUT2D eigenvalue weighted by Crippen LogP contribution is 2.26. The quantitative estimate of drug-likeness (QED) is 0.849. The van der Waals surface area contributed by atoms with Crippen LogP contribution in [-0.2, 0) is 4.79 Å². The average molecular weight is 356 g/mol. The van der Waals surface area contributed by atoms with Gasteiger partial charge in [-0.15, -0.1) is 0 Å². The van der Waals surface area contributed by atoms with E-state index in [-0.39, 0.29) is 29.8 Å². The predicted molar refractivity (Wildman–Crippen MR) is 97.0 cm³/mol. The van der Waals surface area contributed by atoms with Gasteiger partial charge in [-0.2, -0.15) is 0 Å². The molecule has 136 valence electrons. The first-order valence-corrected chi connectivity index (χ1v) is 8.43. The van der Waals surface area contributed by atoms with Gasteiger partial charge in [0.05, 0.1) is 7.11 Å². The SMILES string of the molecule is COc1cccc(F)c1C(=O)N1CC(=O)N(c2ccc(C)cc2)CC1C. The Morgan fingerprint density at radius 1 is 1.19 bits per heavy atom. The molecule has 6 heteroatoms. The first-order chi connectivity index (χ1) is 12.4. The number of carbonyl (C=O) groups is 2. The van der Waals surface area contributed by atoms with Gasteiger partial charge in [-0.05, 0) is 38.1 Å². The summed E-state index contributed by atoms with van der Waals surface area (Å²) in [5.41, 5.74) is 1.76. The molecule has 3 rings (SSSR count). The zero-order valence-electron chi connectivity index (χ0n) is 15.0. The molecule has 2 aromatic carbocycles. The lowest BCUT2D eigenvalue weighted by molar-refractivity contribution is -0.121. The third kappa shape index (κ3) is 3.27. The number of benzene rings is 2. The Morgan fingerprint density at radius 3 is 2.54 bits per heavy atom. The molecular weight excluding hydrogens is 335 g/mol. The van der Waals surface area contributed by atoms with E-state index in [0.717, 1.165) is 11.3 Å². The Morgan fingerprint density at radius 2 is 1.88 bits per heavy atom. The monoisotopic (exact) mass is 356 g/mol. The summed E-state index contributed by atoms with van der Waals surface area (Å²) in [5, 5.41) is 0. The lowest BCUT2D eigenvalue weighted by atomic mass is 10.1. The number of amides is 2. The van der Waals surface area contributed by atoms with Gasteiger partial charge in [-0.3, -0.25) is 9.59 Å². The van der Waals surface area contributed by atoms with Crippen molar-refractivity contribution < 1.29 is 18.7 Å². The second-order valence-electron chi connectivity index (χ2n) is 6.44. The van der Waals surface area contributed by atoms with E-state index >= 15 is 0 Å². The Bertz CT molecular complexity index is 835. The number of nitrogens with zero attached hydrogens (tertiary/aromatic N) is 2. The molecule has 1 fully saturated rings. The van der Waals surface area contributed by atoms with E-state index in [0.29, 0.717) is 6.54 Å². The smallest absolute Gasteiger partial charge is 0.261 e. The highest BCUT2D eigenvalue weighted by molar-refractivity contribution is 6.03. The minimum Gasteiger partial charge on any atom is -0.496 e. The van der Waals surface area contributed by atoms with Crippen molar-refractivity contribution in [3.8, 4) is 5.75 Å². The van der Waals surface area contributed by atoms with E-state index in [1.165, 1.54) is 30.2 Å². The van der Waals surface area contributed by atoms with E-state index in [1.54, 1.807) is 4.90 Å². The maximum Gasteiger partial charge on any atom is 0.261 e. The summed E-state index contributed by atoms with van der Waals surface area (Å²) in [5.74, 6) is -1.23. The van der Waals surface area contributed by atoms with Gasteiger partial charge in [0.15, 0.2) is 0 Å². The van der Waals surface area contributed by atoms with Crippen LogP contribution < -0.4 is 9.64 Å². The second kappa shape index (κ2) is 7.15. The number of hydrogen-bond acceptors (Lipinski definition) is 3. The topological polar surface area (TPSA) is 49.9 Å². The fraction of sp³-hybridized carbons (Fsp3) is 0.300. The molecule has 2 aromatic rings.